The smallest absolute Gasteiger partial charge is 0.234 e. The van der Waals surface area contributed by atoms with Gasteiger partial charge in [0.2, 0.25) is 5.91 Å². The molecule has 1 aromatic heterocycles. The van der Waals surface area contributed by atoms with Crippen molar-refractivity contribution < 1.29 is 19.0 Å². The minimum Gasteiger partial charge on any atom is -0.497 e. The number of ether oxygens (including phenoxy) is 1. The maximum atomic E-state index is 14.7. The van der Waals surface area contributed by atoms with Crippen LogP contribution in [0.5, 0.6) is 5.75 Å². The number of aliphatic hydroxyl groups is 1. The lowest BCUT2D eigenvalue weighted by Gasteiger charge is -2.34. The summed E-state index contributed by atoms with van der Waals surface area (Å²) in [7, 11) is 1.56. The topological polar surface area (TPSA) is 86.7 Å². The van der Waals surface area contributed by atoms with Gasteiger partial charge in [0.25, 0.3) is 0 Å². The summed E-state index contributed by atoms with van der Waals surface area (Å²) < 4.78 is 20.0. The SMILES string of the molecule is COc1ccc2ncc(F)c([C@H](O)CN3CCC(NCc4ccc5c(c4)NC(=O)CS5)CC3)c2c1. The first kappa shape index (κ1) is 24.0. The number of benzene rings is 2. The summed E-state index contributed by atoms with van der Waals surface area (Å²) in [4.78, 5) is 19.1. The number of methoxy groups -OCH3 is 1. The number of β-amino-alcohol motifs (C(OH)–C–C–N with tert-alkyl or cyclic N) is 1. The van der Waals surface area contributed by atoms with E-state index < -0.39 is 11.9 Å². The molecule has 1 fully saturated rings. The first-order valence-electron chi connectivity index (χ1n) is 11.8. The van der Waals surface area contributed by atoms with Crippen LogP contribution in [0.4, 0.5) is 10.1 Å². The van der Waals surface area contributed by atoms with Gasteiger partial charge in [-0.2, -0.15) is 0 Å². The summed E-state index contributed by atoms with van der Waals surface area (Å²) in [6.07, 6.45) is 2.10. The van der Waals surface area contributed by atoms with Crippen molar-refractivity contribution in [2.45, 2.75) is 36.4 Å². The lowest BCUT2D eigenvalue weighted by Crippen LogP contribution is -2.43. The van der Waals surface area contributed by atoms with Crippen LogP contribution in [0.3, 0.4) is 0 Å². The molecule has 0 saturated carbocycles. The second-order valence-corrected chi connectivity index (χ2v) is 10.1. The van der Waals surface area contributed by atoms with E-state index in [1.165, 1.54) is 6.20 Å². The predicted octanol–water partition coefficient (Wildman–Crippen LogP) is 3.71. The molecule has 2 aliphatic heterocycles. The highest BCUT2D eigenvalue weighted by Gasteiger charge is 2.24. The number of aromatic nitrogens is 1. The molecule has 7 nitrogen and oxygen atoms in total. The fraction of sp³-hybridized carbons (Fsp3) is 0.385. The highest BCUT2D eigenvalue weighted by Crippen LogP contribution is 2.32. The van der Waals surface area contributed by atoms with Crippen molar-refractivity contribution in [1.29, 1.82) is 0 Å². The third-order valence-corrected chi connectivity index (χ3v) is 7.77. The number of likely N-dealkylation sites (tertiary alicyclic amines) is 1. The van der Waals surface area contributed by atoms with Crippen molar-refractivity contribution in [3.8, 4) is 5.75 Å². The van der Waals surface area contributed by atoms with Crippen LogP contribution < -0.4 is 15.4 Å². The Kier molecular flexibility index (Phi) is 7.19. The molecule has 5 rings (SSSR count). The number of carbonyl (C=O) groups is 1. The molecule has 2 aliphatic rings. The van der Waals surface area contributed by atoms with Crippen molar-refractivity contribution in [2.24, 2.45) is 0 Å². The van der Waals surface area contributed by atoms with E-state index in [-0.39, 0.29) is 11.5 Å². The van der Waals surface area contributed by atoms with E-state index in [1.54, 1.807) is 37.1 Å². The molecule has 1 atom stereocenters. The zero-order valence-corrected chi connectivity index (χ0v) is 20.4. The second-order valence-electron chi connectivity index (χ2n) is 9.04. The minimum atomic E-state index is -0.958. The van der Waals surface area contributed by atoms with Crippen molar-refractivity contribution in [1.82, 2.24) is 15.2 Å². The molecule has 35 heavy (non-hydrogen) atoms. The highest BCUT2D eigenvalue weighted by atomic mass is 32.2. The van der Waals surface area contributed by atoms with Gasteiger partial charge in [-0.1, -0.05) is 6.07 Å². The van der Waals surface area contributed by atoms with Crippen molar-refractivity contribution in [3.05, 3.63) is 59.5 Å². The largest absolute Gasteiger partial charge is 0.497 e. The molecule has 3 N–H and O–H groups in total. The Bertz CT molecular complexity index is 1230. The molecule has 0 unspecified atom stereocenters. The molecule has 2 aromatic carbocycles. The van der Waals surface area contributed by atoms with E-state index in [0.717, 1.165) is 48.6 Å². The summed E-state index contributed by atoms with van der Waals surface area (Å²) in [5.74, 6) is 0.608. The molecule has 184 valence electrons. The Labute approximate surface area is 208 Å². The number of anilines is 1. The van der Waals surface area contributed by atoms with E-state index in [9.17, 15) is 14.3 Å². The Balaban J connectivity index is 1.16. The van der Waals surface area contributed by atoms with Crippen LogP contribution in [0, 0.1) is 5.82 Å². The van der Waals surface area contributed by atoms with E-state index in [1.807, 2.05) is 6.07 Å². The van der Waals surface area contributed by atoms with E-state index in [2.05, 4.69) is 32.7 Å². The molecule has 1 saturated heterocycles. The van der Waals surface area contributed by atoms with Gasteiger partial charge < -0.3 is 25.4 Å². The van der Waals surface area contributed by atoms with Crippen LogP contribution >= 0.6 is 11.8 Å². The van der Waals surface area contributed by atoms with Crippen LogP contribution in [0.25, 0.3) is 10.9 Å². The lowest BCUT2D eigenvalue weighted by molar-refractivity contribution is -0.113. The van der Waals surface area contributed by atoms with Gasteiger partial charge >= 0.3 is 0 Å². The number of hydrogen-bond acceptors (Lipinski definition) is 7. The molecule has 9 heteroatoms. The second kappa shape index (κ2) is 10.5. The number of hydrogen-bond donors (Lipinski definition) is 3. The van der Waals surface area contributed by atoms with Gasteiger partial charge in [-0.25, -0.2) is 4.39 Å². The van der Waals surface area contributed by atoms with E-state index in [4.69, 9.17) is 4.74 Å². The number of fused-ring (bicyclic) bond motifs is 2. The molecule has 0 spiro atoms. The van der Waals surface area contributed by atoms with Gasteiger partial charge in [-0.15, -0.1) is 11.8 Å². The summed E-state index contributed by atoms with van der Waals surface area (Å²) >= 11 is 1.57. The molecule has 0 bridgehead atoms. The fourth-order valence-electron chi connectivity index (χ4n) is 4.79. The number of amides is 1. The van der Waals surface area contributed by atoms with Gasteiger partial charge in [-0.05, 0) is 61.8 Å². The first-order chi connectivity index (χ1) is 17.0. The van der Waals surface area contributed by atoms with Gasteiger partial charge in [0.05, 0.1) is 36.4 Å². The van der Waals surface area contributed by atoms with Gasteiger partial charge in [-0.3, -0.25) is 9.78 Å². The minimum absolute atomic E-state index is 0.0425. The maximum Gasteiger partial charge on any atom is 0.234 e. The van der Waals surface area contributed by atoms with Gasteiger partial charge in [0, 0.05) is 35.0 Å². The predicted molar refractivity (Wildman–Crippen MR) is 135 cm³/mol. The highest BCUT2D eigenvalue weighted by molar-refractivity contribution is 8.00. The monoisotopic (exact) mass is 496 g/mol. The van der Waals surface area contributed by atoms with Crippen molar-refractivity contribution in [2.75, 3.05) is 37.8 Å². The summed E-state index contributed by atoms with van der Waals surface area (Å²) in [6, 6.07) is 11.9. The molecule has 0 aliphatic carbocycles. The van der Waals surface area contributed by atoms with Crippen molar-refractivity contribution >= 4 is 34.3 Å². The lowest BCUT2D eigenvalue weighted by atomic mass is 10.0. The van der Waals surface area contributed by atoms with Crippen LogP contribution in [-0.2, 0) is 11.3 Å². The number of pyridine rings is 1. The number of nitrogens with one attached hydrogen (secondary N) is 2. The number of nitrogens with zero attached hydrogens (tertiary/aromatic N) is 2. The van der Waals surface area contributed by atoms with Gasteiger partial charge in [0.1, 0.15) is 11.6 Å². The Hall–Kier alpha value is -2.72. The molecule has 3 aromatic rings. The normalized spacial score (nSPS) is 17.7. The third-order valence-electron chi connectivity index (χ3n) is 6.69. The van der Waals surface area contributed by atoms with Gasteiger partial charge in [0.15, 0.2) is 0 Å². The molecular formula is C26H29FN4O3S. The number of rotatable bonds is 7. The molecule has 3 heterocycles. The standard InChI is InChI=1S/C26H29FN4O3S/c1-34-18-3-4-21-19(11-18)26(20(27)13-29-21)23(32)14-31-8-6-17(7-9-31)28-12-16-2-5-24-22(10-16)30-25(33)15-35-24/h2-5,10-11,13,17,23,28,32H,6-9,12,14-15H2,1H3,(H,30,33)/t23-/m1/s1. The molecule has 0 radical (unpaired) electrons. The first-order valence-corrected chi connectivity index (χ1v) is 12.8. The number of piperidine rings is 1. The zero-order valence-electron chi connectivity index (χ0n) is 19.6. The number of aliphatic hydroxyl groups excluding tert-OH is 1. The van der Waals surface area contributed by atoms with Crippen LogP contribution in [0.1, 0.15) is 30.1 Å². The van der Waals surface area contributed by atoms with Crippen molar-refractivity contribution in [3.63, 3.8) is 0 Å². The zero-order chi connectivity index (χ0) is 24.4. The van der Waals surface area contributed by atoms with Crippen LogP contribution in [0.15, 0.2) is 47.5 Å². The quantitative estimate of drug-likeness (QED) is 0.460. The summed E-state index contributed by atoms with van der Waals surface area (Å²) in [6.45, 7) is 2.73. The Morgan fingerprint density at radius 1 is 1.29 bits per heavy atom. The summed E-state index contributed by atoms with van der Waals surface area (Å²) in [5.41, 5.74) is 2.93. The molecular weight excluding hydrogens is 467 g/mol. The Morgan fingerprint density at radius 2 is 2.11 bits per heavy atom. The van der Waals surface area contributed by atoms with E-state index in [0.29, 0.717) is 35.0 Å². The van der Waals surface area contributed by atoms with Crippen LogP contribution in [0.2, 0.25) is 0 Å². The third kappa shape index (κ3) is 5.43. The average molecular weight is 497 g/mol. The maximum absolute atomic E-state index is 14.7. The number of halogens is 1. The van der Waals surface area contributed by atoms with Crippen LogP contribution in [-0.4, -0.2) is 59.4 Å². The average Bonchev–Trinajstić information content (AvgIpc) is 2.87. The molecule has 1 amide bonds. The van der Waals surface area contributed by atoms with E-state index >= 15 is 0 Å². The number of carbonyl (C=O) groups excluding carboxylic acids is 1. The summed E-state index contributed by atoms with van der Waals surface area (Å²) in [5, 5.41) is 18.1. The fourth-order valence-corrected chi connectivity index (χ4v) is 5.58. The number of thioether (sulfide) groups is 1. The Morgan fingerprint density at radius 3 is 2.91 bits per heavy atom.